The van der Waals surface area contributed by atoms with E-state index in [9.17, 15) is 9.18 Å². The molecule has 0 aromatic carbocycles. The molecule has 0 spiro atoms. The van der Waals surface area contributed by atoms with E-state index in [-0.39, 0.29) is 13.1 Å². The molecule has 0 saturated carbocycles. The largest absolute Gasteiger partial charge is 0.444 e. The number of ether oxygens (including phenoxy) is 1. The van der Waals surface area contributed by atoms with Gasteiger partial charge in [0.05, 0.1) is 24.5 Å². The van der Waals surface area contributed by atoms with E-state index >= 15 is 0 Å². The molecule has 0 radical (unpaired) electrons. The number of aromatic nitrogens is 4. The molecule has 0 aliphatic carbocycles. The lowest BCUT2D eigenvalue weighted by molar-refractivity contribution is 0.0283. The Kier molecular flexibility index (Phi) is 5.23. The van der Waals surface area contributed by atoms with E-state index in [0.29, 0.717) is 28.0 Å². The summed E-state index contributed by atoms with van der Waals surface area (Å²) in [7, 11) is 0. The van der Waals surface area contributed by atoms with E-state index in [1.165, 1.54) is 4.90 Å². The summed E-state index contributed by atoms with van der Waals surface area (Å²) < 4.78 is 21.5. The van der Waals surface area contributed by atoms with E-state index in [1.54, 1.807) is 49.7 Å². The van der Waals surface area contributed by atoms with Gasteiger partial charge < -0.3 is 15.0 Å². The number of alkyl halides is 1. The molecule has 2 atom stereocenters. The van der Waals surface area contributed by atoms with Crippen molar-refractivity contribution in [1.82, 2.24) is 24.5 Å². The van der Waals surface area contributed by atoms with E-state index in [1.807, 2.05) is 12.1 Å². The number of pyridine rings is 1. The van der Waals surface area contributed by atoms with E-state index in [2.05, 4.69) is 20.4 Å². The van der Waals surface area contributed by atoms with E-state index in [4.69, 9.17) is 16.3 Å². The van der Waals surface area contributed by atoms with Gasteiger partial charge in [-0.3, -0.25) is 0 Å². The number of likely N-dealkylation sites (tertiary alicyclic amines) is 1. The normalized spacial score (nSPS) is 19.3. The number of nitrogens with zero attached hydrogens (tertiary/aromatic N) is 5. The van der Waals surface area contributed by atoms with Crippen LogP contribution in [0.1, 0.15) is 20.8 Å². The third-order valence-electron chi connectivity index (χ3n) is 4.57. The number of imidazole rings is 1. The average molecular weight is 433 g/mol. The lowest BCUT2D eigenvalue weighted by Gasteiger charge is -2.24. The van der Waals surface area contributed by atoms with Gasteiger partial charge >= 0.3 is 6.09 Å². The predicted octanol–water partition coefficient (Wildman–Crippen LogP) is 3.81. The molecule has 4 rings (SSSR count). The average Bonchev–Trinajstić information content (AvgIpc) is 3.24. The van der Waals surface area contributed by atoms with Crippen LogP contribution in [0.5, 0.6) is 0 Å². The first-order chi connectivity index (χ1) is 14.2. The lowest BCUT2D eigenvalue weighted by Crippen LogP contribution is -2.36. The predicted molar refractivity (Wildman–Crippen MR) is 111 cm³/mol. The van der Waals surface area contributed by atoms with Gasteiger partial charge in [-0.15, -0.1) is 0 Å². The van der Waals surface area contributed by atoms with Gasteiger partial charge in [-0.1, -0.05) is 17.7 Å². The Labute approximate surface area is 178 Å². The monoisotopic (exact) mass is 432 g/mol. The second-order valence-corrected chi connectivity index (χ2v) is 8.52. The van der Waals surface area contributed by atoms with Gasteiger partial charge in [-0.25, -0.2) is 23.7 Å². The number of carbonyl (C=O) groups excluding carboxylic acids is 1. The second kappa shape index (κ2) is 7.71. The molecule has 30 heavy (non-hydrogen) atoms. The standard InChI is InChI=1S/C20H22ClFN6O2/c1-20(2,3)30-19(29)27-10-12(22)14(11-27)25-17-6-4-5-13(24-17)15-9-23-18-8-7-16(21)26-28(15)18/h4-9,12,14H,10-11H2,1-3H3,(H,24,25)/t12-,14-/m0/s1. The Morgan fingerprint density at radius 2 is 2.07 bits per heavy atom. The van der Waals surface area contributed by atoms with Crippen LogP contribution in [0.4, 0.5) is 15.0 Å². The van der Waals surface area contributed by atoms with Crippen LogP contribution >= 0.6 is 11.6 Å². The second-order valence-electron chi connectivity index (χ2n) is 8.13. The van der Waals surface area contributed by atoms with Gasteiger partial charge in [-0.2, -0.15) is 5.10 Å². The molecule has 0 unspecified atom stereocenters. The highest BCUT2D eigenvalue weighted by Crippen LogP contribution is 2.24. The maximum Gasteiger partial charge on any atom is 0.410 e. The molecular weight excluding hydrogens is 411 g/mol. The van der Waals surface area contributed by atoms with Crippen LogP contribution in [0.2, 0.25) is 5.15 Å². The van der Waals surface area contributed by atoms with Crippen molar-refractivity contribution < 1.29 is 13.9 Å². The number of hydrogen-bond acceptors (Lipinski definition) is 6. The van der Waals surface area contributed by atoms with Crippen LogP contribution in [0, 0.1) is 0 Å². The van der Waals surface area contributed by atoms with Crippen LogP contribution in [-0.4, -0.2) is 61.5 Å². The summed E-state index contributed by atoms with van der Waals surface area (Å²) in [6, 6.07) is 8.20. The molecule has 3 aromatic rings. The summed E-state index contributed by atoms with van der Waals surface area (Å²) in [5.41, 5.74) is 1.28. The zero-order valence-corrected chi connectivity index (χ0v) is 17.6. The van der Waals surface area contributed by atoms with Crippen LogP contribution in [0.15, 0.2) is 36.5 Å². The van der Waals surface area contributed by atoms with Crippen molar-refractivity contribution in [3.05, 3.63) is 41.7 Å². The number of nitrogens with one attached hydrogen (secondary N) is 1. The maximum atomic E-state index is 14.6. The molecule has 1 N–H and O–H groups in total. The number of fused-ring (bicyclic) bond motifs is 1. The van der Waals surface area contributed by atoms with Gasteiger partial charge in [0.2, 0.25) is 0 Å². The van der Waals surface area contributed by atoms with Crippen LogP contribution < -0.4 is 5.32 Å². The maximum absolute atomic E-state index is 14.6. The Bertz CT molecular complexity index is 1080. The highest BCUT2D eigenvalue weighted by atomic mass is 35.5. The summed E-state index contributed by atoms with van der Waals surface area (Å²) in [6.07, 6.45) is -0.105. The molecule has 1 saturated heterocycles. The topological polar surface area (TPSA) is 84.6 Å². The molecule has 1 fully saturated rings. The van der Waals surface area contributed by atoms with Crippen molar-refractivity contribution in [2.75, 3.05) is 18.4 Å². The summed E-state index contributed by atoms with van der Waals surface area (Å²) in [6.45, 7) is 5.50. The summed E-state index contributed by atoms with van der Waals surface area (Å²) in [4.78, 5) is 22.5. The number of hydrogen-bond donors (Lipinski definition) is 1. The van der Waals surface area contributed by atoms with Crippen molar-refractivity contribution in [1.29, 1.82) is 0 Å². The molecule has 4 heterocycles. The Morgan fingerprint density at radius 3 is 2.83 bits per heavy atom. The van der Waals surface area contributed by atoms with Gasteiger partial charge in [0.15, 0.2) is 5.65 Å². The molecule has 1 aliphatic heterocycles. The number of rotatable bonds is 3. The number of carbonyl (C=O) groups is 1. The third kappa shape index (κ3) is 4.30. The number of amides is 1. The Hall–Kier alpha value is -2.94. The fraction of sp³-hybridized carbons (Fsp3) is 0.400. The Morgan fingerprint density at radius 1 is 1.27 bits per heavy atom. The van der Waals surface area contributed by atoms with Crippen molar-refractivity contribution in [2.45, 2.75) is 38.6 Å². The first kappa shape index (κ1) is 20.3. The zero-order valence-electron chi connectivity index (χ0n) is 16.8. The lowest BCUT2D eigenvalue weighted by atomic mass is 10.2. The molecule has 1 aliphatic rings. The quantitative estimate of drug-likeness (QED) is 0.677. The molecule has 3 aromatic heterocycles. The van der Waals surface area contributed by atoms with Crippen LogP contribution in [0.3, 0.4) is 0 Å². The molecular formula is C20H22ClFN6O2. The SMILES string of the molecule is CC(C)(C)OC(=O)N1C[C@H](Nc2cccc(-c3cnc4ccc(Cl)nn34)n2)[C@@H](F)C1. The molecule has 158 valence electrons. The minimum Gasteiger partial charge on any atom is -0.444 e. The first-order valence-electron chi connectivity index (χ1n) is 9.56. The molecule has 10 heteroatoms. The van der Waals surface area contributed by atoms with Crippen molar-refractivity contribution in [3.8, 4) is 11.4 Å². The first-order valence-corrected chi connectivity index (χ1v) is 9.94. The number of anilines is 1. The molecule has 0 bridgehead atoms. The highest BCUT2D eigenvalue weighted by molar-refractivity contribution is 6.29. The minimum absolute atomic E-state index is 0.0258. The smallest absolute Gasteiger partial charge is 0.410 e. The van der Waals surface area contributed by atoms with Crippen molar-refractivity contribution in [3.63, 3.8) is 0 Å². The van der Waals surface area contributed by atoms with Crippen LogP contribution in [-0.2, 0) is 4.74 Å². The van der Waals surface area contributed by atoms with Gasteiger partial charge in [0.1, 0.15) is 28.4 Å². The summed E-state index contributed by atoms with van der Waals surface area (Å²) >= 11 is 6.00. The Balaban J connectivity index is 1.51. The molecule has 1 amide bonds. The van der Waals surface area contributed by atoms with Crippen LogP contribution in [0.25, 0.3) is 17.0 Å². The van der Waals surface area contributed by atoms with E-state index < -0.39 is 23.9 Å². The van der Waals surface area contributed by atoms with Gasteiger partial charge in [-0.05, 0) is 45.0 Å². The summed E-state index contributed by atoms with van der Waals surface area (Å²) in [5, 5.41) is 7.68. The van der Waals surface area contributed by atoms with E-state index in [0.717, 1.165) is 0 Å². The fourth-order valence-corrected chi connectivity index (χ4v) is 3.39. The van der Waals surface area contributed by atoms with Gasteiger partial charge in [0.25, 0.3) is 0 Å². The fourth-order valence-electron chi connectivity index (χ4n) is 3.25. The summed E-state index contributed by atoms with van der Waals surface area (Å²) in [5.74, 6) is 0.489. The number of halogens is 2. The van der Waals surface area contributed by atoms with Crippen molar-refractivity contribution in [2.24, 2.45) is 0 Å². The van der Waals surface area contributed by atoms with Crippen molar-refractivity contribution >= 4 is 29.2 Å². The third-order valence-corrected chi connectivity index (χ3v) is 4.78. The minimum atomic E-state index is -1.24. The highest BCUT2D eigenvalue weighted by Gasteiger charge is 2.37. The van der Waals surface area contributed by atoms with Gasteiger partial charge in [0, 0.05) is 6.54 Å². The zero-order chi connectivity index (χ0) is 21.5. The molecule has 8 nitrogen and oxygen atoms in total.